The number of benzene rings is 3. The third-order valence-electron chi connectivity index (χ3n) is 6.75. The molecule has 1 fully saturated rings. The van der Waals surface area contributed by atoms with Gasteiger partial charge in [-0.3, -0.25) is 0 Å². The Morgan fingerprint density at radius 2 is 1.37 bits per heavy atom. The molecule has 0 aliphatic heterocycles. The number of hydrogen-bond acceptors (Lipinski definition) is 1. The largest absolute Gasteiger partial charge is 0.483 e. The first-order valence-corrected chi connectivity index (χ1v) is 11.8. The van der Waals surface area contributed by atoms with E-state index < -0.39 is 40.7 Å². The van der Waals surface area contributed by atoms with Crippen LogP contribution < -0.4 is 4.74 Å². The molecule has 1 aliphatic carbocycles. The lowest BCUT2D eigenvalue weighted by molar-refractivity contribution is 0.271. The van der Waals surface area contributed by atoms with E-state index in [1.165, 1.54) is 30.7 Å². The maximum atomic E-state index is 14.7. The molecular weight excluding hydrogens is 466 g/mol. The predicted octanol–water partition coefficient (Wildman–Crippen LogP) is 8.84. The highest BCUT2D eigenvalue weighted by molar-refractivity contribution is 5.64. The van der Waals surface area contributed by atoms with Gasteiger partial charge in [0.1, 0.15) is 12.4 Å². The van der Waals surface area contributed by atoms with Gasteiger partial charge in [-0.05, 0) is 84.5 Å². The number of ether oxygens (including phenoxy) is 1. The van der Waals surface area contributed by atoms with Crippen LogP contribution in [0.4, 0.5) is 26.3 Å². The van der Waals surface area contributed by atoms with Gasteiger partial charge in [-0.15, -0.1) is 0 Å². The Labute approximate surface area is 200 Å². The molecule has 0 radical (unpaired) electrons. The first kappa shape index (κ1) is 25.1. The fraction of sp³-hybridized carbons (Fsp3) is 0.357. The van der Waals surface area contributed by atoms with Crippen LogP contribution in [0.15, 0.2) is 42.5 Å². The molecule has 0 heterocycles. The zero-order valence-corrected chi connectivity index (χ0v) is 19.3. The fourth-order valence-corrected chi connectivity index (χ4v) is 4.89. The minimum absolute atomic E-state index is 0.115. The topological polar surface area (TPSA) is 9.23 Å². The second kappa shape index (κ2) is 10.8. The van der Waals surface area contributed by atoms with Crippen LogP contribution in [0, 0.1) is 40.8 Å². The van der Waals surface area contributed by atoms with Crippen LogP contribution in [0.2, 0.25) is 0 Å². The van der Waals surface area contributed by atoms with E-state index in [1.807, 2.05) is 0 Å². The Balaban J connectivity index is 1.45. The molecule has 1 saturated carbocycles. The number of rotatable bonds is 7. The van der Waals surface area contributed by atoms with Crippen molar-refractivity contribution in [2.75, 3.05) is 0 Å². The molecule has 0 N–H and O–H groups in total. The Hall–Kier alpha value is -2.96. The van der Waals surface area contributed by atoms with Crippen molar-refractivity contribution in [2.45, 2.75) is 58.0 Å². The van der Waals surface area contributed by atoms with Crippen LogP contribution in [0.3, 0.4) is 0 Å². The van der Waals surface area contributed by atoms with Crippen molar-refractivity contribution in [2.24, 2.45) is 5.92 Å². The SMILES string of the molecule is CCCC1CCC(c2cc(F)c(OCc3ccc(-c4cc(F)c(F)c(F)c4)c(F)c3)c(F)c2)CC1. The van der Waals surface area contributed by atoms with Gasteiger partial charge in [0.2, 0.25) is 0 Å². The first-order chi connectivity index (χ1) is 16.8. The Morgan fingerprint density at radius 1 is 0.743 bits per heavy atom. The summed E-state index contributed by atoms with van der Waals surface area (Å²) < 4.78 is 89.4. The molecule has 0 bridgehead atoms. The highest BCUT2D eigenvalue weighted by atomic mass is 19.2. The van der Waals surface area contributed by atoms with E-state index in [1.54, 1.807) is 0 Å². The molecule has 7 heteroatoms. The number of halogens is 6. The molecule has 1 aliphatic rings. The summed E-state index contributed by atoms with van der Waals surface area (Å²) in [4.78, 5) is 0. The van der Waals surface area contributed by atoms with Crippen molar-refractivity contribution in [3.05, 3.63) is 88.5 Å². The number of hydrogen-bond donors (Lipinski definition) is 0. The van der Waals surface area contributed by atoms with Crippen molar-refractivity contribution < 1.29 is 31.1 Å². The molecule has 0 unspecified atom stereocenters. The first-order valence-electron chi connectivity index (χ1n) is 11.8. The monoisotopic (exact) mass is 492 g/mol. The highest BCUT2D eigenvalue weighted by Gasteiger charge is 2.24. The van der Waals surface area contributed by atoms with Crippen molar-refractivity contribution in [3.8, 4) is 16.9 Å². The van der Waals surface area contributed by atoms with E-state index >= 15 is 0 Å². The average molecular weight is 493 g/mol. The van der Waals surface area contributed by atoms with Crippen molar-refractivity contribution in [1.29, 1.82) is 0 Å². The minimum Gasteiger partial charge on any atom is -0.483 e. The molecule has 0 amide bonds. The van der Waals surface area contributed by atoms with Gasteiger partial charge in [0.25, 0.3) is 0 Å². The molecule has 0 spiro atoms. The smallest absolute Gasteiger partial charge is 0.194 e. The summed E-state index contributed by atoms with van der Waals surface area (Å²) in [6, 6.07) is 7.68. The van der Waals surface area contributed by atoms with Crippen LogP contribution >= 0.6 is 0 Å². The maximum Gasteiger partial charge on any atom is 0.194 e. The zero-order valence-electron chi connectivity index (χ0n) is 19.3. The summed E-state index contributed by atoms with van der Waals surface area (Å²) >= 11 is 0. The minimum atomic E-state index is -1.64. The molecular formula is C28H26F6O. The van der Waals surface area contributed by atoms with Gasteiger partial charge in [-0.1, -0.05) is 31.9 Å². The predicted molar refractivity (Wildman–Crippen MR) is 122 cm³/mol. The molecule has 0 aromatic heterocycles. The highest BCUT2D eigenvalue weighted by Crippen LogP contribution is 2.39. The van der Waals surface area contributed by atoms with Crippen LogP contribution in [0.5, 0.6) is 5.75 Å². The van der Waals surface area contributed by atoms with E-state index in [0.29, 0.717) is 23.6 Å². The van der Waals surface area contributed by atoms with Gasteiger partial charge in [-0.2, -0.15) is 0 Å². The van der Waals surface area contributed by atoms with Crippen LogP contribution in [0.1, 0.15) is 62.5 Å². The van der Waals surface area contributed by atoms with Gasteiger partial charge in [0, 0.05) is 5.56 Å². The normalized spacial score (nSPS) is 18.0. The van der Waals surface area contributed by atoms with Gasteiger partial charge in [0.05, 0.1) is 0 Å². The van der Waals surface area contributed by atoms with Gasteiger partial charge >= 0.3 is 0 Å². The van der Waals surface area contributed by atoms with E-state index in [4.69, 9.17) is 4.74 Å². The van der Waals surface area contributed by atoms with Crippen LogP contribution in [-0.4, -0.2) is 0 Å². The summed E-state index contributed by atoms with van der Waals surface area (Å²) in [6.45, 7) is 1.84. The van der Waals surface area contributed by atoms with Gasteiger partial charge in [-0.25, -0.2) is 26.3 Å². The van der Waals surface area contributed by atoms with Crippen molar-refractivity contribution in [3.63, 3.8) is 0 Å². The lowest BCUT2D eigenvalue weighted by atomic mass is 9.77. The van der Waals surface area contributed by atoms with E-state index in [2.05, 4.69) is 6.92 Å². The average Bonchev–Trinajstić information content (AvgIpc) is 2.82. The quantitative estimate of drug-likeness (QED) is 0.236. The molecule has 3 aromatic carbocycles. The lowest BCUT2D eigenvalue weighted by Crippen LogP contribution is -2.14. The Morgan fingerprint density at radius 3 is 1.94 bits per heavy atom. The summed E-state index contributed by atoms with van der Waals surface area (Å²) in [5.41, 5.74) is 0.549. The molecule has 4 rings (SSSR count). The van der Waals surface area contributed by atoms with Crippen LogP contribution in [-0.2, 0) is 6.61 Å². The fourth-order valence-electron chi connectivity index (χ4n) is 4.89. The molecule has 0 atom stereocenters. The van der Waals surface area contributed by atoms with Crippen molar-refractivity contribution in [1.82, 2.24) is 0 Å². The third kappa shape index (κ3) is 5.65. The maximum absolute atomic E-state index is 14.7. The Kier molecular flexibility index (Phi) is 7.72. The second-order valence-electron chi connectivity index (χ2n) is 9.18. The lowest BCUT2D eigenvalue weighted by Gasteiger charge is -2.28. The van der Waals surface area contributed by atoms with Crippen molar-refractivity contribution >= 4 is 0 Å². The molecule has 1 nitrogen and oxygen atoms in total. The molecule has 3 aromatic rings. The molecule has 0 saturated heterocycles. The summed E-state index contributed by atoms with van der Waals surface area (Å²) in [5.74, 6) is -6.73. The Bertz CT molecular complexity index is 1150. The van der Waals surface area contributed by atoms with E-state index in [0.717, 1.165) is 38.2 Å². The van der Waals surface area contributed by atoms with Gasteiger partial charge in [0.15, 0.2) is 34.8 Å². The standard InChI is InChI=1S/C28H26F6O/c1-2-3-16-4-7-18(8-5-16)19-11-25(32)28(26(33)12-19)35-15-17-6-9-21(22(29)10-17)20-13-23(30)27(34)24(31)14-20/h6,9-14,16,18H,2-5,7-8,15H2,1H3. The zero-order chi connectivity index (χ0) is 25.1. The van der Waals surface area contributed by atoms with Gasteiger partial charge < -0.3 is 4.74 Å². The van der Waals surface area contributed by atoms with E-state index in [-0.39, 0.29) is 29.2 Å². The summed E-state index contributed by atoms with van der Waals surface area (Å²) in [6.07, 6.45) is 6.23. The second-order valence-corrected chi connectivity index (χ2v) is 9.18. The summed E-state index contributed by atoms with van der Waals surface area (Å²) in [7, 11) is 0. The third-order valence-corrected chi connectivity index (χ3v) is 6.75. The van der Waals surface area contributed by atoms with Crippen LogP contribution in [0.25, 0.3) is 11.1 Å². The van der Waals surface area contributed by atoms with E-state index in [9.17, 15) is 26.3 Å². The summed E-state index contributed by atoms with van der Waals surface area (Å²) in [5, 5.41) is 0. The molecule has 35 heavy (non-hydrogen) atoms. The molecule has 186 valence electrons.